The Hall–Kier alpha value is -5.38. The lowest BCUT2D eigenvalue weighted by molar-refractivity contribution is 0.615. The molecule has 0 unspecified atom stereocenters. The normalized spacial score (nSPS) is 12.2. The summed E-state index contributed by atoms with van der Waals surface area (Å²) in [6.07, 6.45) is 1.78. The minimum absolute atomic E-state index is 0.862. The zero-order valence-electron chi connectivity index (χ0n) is 22.9. The Kier molecular flexibility index (Phi) is 4.63. The lowest BCUT2D eigenvalue weighted by atomic mass is 9.85. The highest BCUT2D eigenvalue weighted by atomic mass is 32.1. The zero-order chi connectivity index (χ0) is 28.1. The first-order valence-corrected chi connectivity index (χ1v) is 15.3. The predicted molar refractivity (Wildman–Crippen MR) is 182 cm³/mol. The first kappa shape index (κ1) is 23.2. The van der Waals surface area contributed by atoms with Crippen LogP contribution in [0.4, 0.5) is 0 Å². The summed E-state index contributed by atoms with van der Waals surface area (Å²) in [6, 6.07) is 45.8. The van der Waals surface area contributed by atoms with E-state index in [4.69, 9.17) is 8.83 Å². The summed E-state index contributed by atoms with van der Waals surface area (Å²) >= 11 is 1.86. The highest BCUT2D eigenvalue weighted by Gasteiger charge is 2.23. The number of benzene rings is 7. The fourth-order valence-corrected chi connectivity index (χ4v) is 8.22. The van der Waals surface area contributed by atoms with Gasteiger partial charge in [0, 0.05) is 47.5 Å². The first-order chi connectivity index (χ1) is 21.3. The van der Waals surface area contributed by atoms with Crippen LogP contribution in [-0.2, 0) is 0 Å². The molecule has 0 N–H and O–H groups in total. The maximum Gasteiger partial charge on any atom is 0.144 e. The van der Waals surface area contributed by atoms with Crippen LogP contribution in [0.25, 0.3) is 96.9 Å². The van der Waals surface area contributed by atoms with E-state index in [0.29, 0.717) is 0 Å². The van der Waals surface area contributed by atoms with Crippen LogP contribution in [0.1, 0.15) is 0 Å². The van der Waals surface area contributed by atoms with E-state index in [0.717, 1.165) is 38.5 Å². The SMILES string of the molecule is c1ccc2c(c1)oc1c(-c3c4ccccc4c(-c4ccc5sc6ccccc6c5c4)c4ccccc34)cc3occc3c12. The van der Waals surface area contributed by atoms with Crippen LogP contribution < -0.4 is 0 Å². The summed E-state index contributed by atoms with van der Waals surface area (Å²) in [4.78, 5) is 0. The smallest absolute Gasteiger partial charge is 0.144 e. The molecule has 0 saturated carbocycles. The van der Waals surface area contributed by atoms with Crippen molar-refractivity contribution in [3.63, 3.8) is 0 Å². The van der Waals surface area contributed by atoms with Crippen LogP contribution in [0.2, 0.25) is 0 Å². The summed E-state index contributed by atoms with van der Waals surface area (Å²) in [5, 5.41) is 10.7. The lowest BCUT2D eigenvalue weighted by Gasteiger charge is -2.18. The molecule has 3 heterocycles. The van der Waals surface area contributed by atoms with E-state index < -0.39 is 0 Å². The van der Waals surface area contributed by atoms with E-state index in [1.54, 1.807) is 6.26 Å². The van der Waals surface area contributed by atoms with Crippen molar-refractivity contribution < 1.29 is 8.83 Å². The van der Waals surface area contributed by atoms with Crippen LogP contribution in [0.3, 0.4) is 0 Å². The minimum Gasteiger partial charge on any atom is -0.464 e. The molecule has 2 nitrogen and oxygen atoms in total. The Morgan fingerprint density at radius 1 is 0.442 bits per heavy atom. The van der Waals surface area contributed by atoms with E-state index in [9.17, 15) is 0 Å². The molecule has 0 spiro atoms. The van der Waals surface area contributed by atoms with Crippen molar-refractivity contribution in [3.05, 3.63) is 134 Å². The van der Waals surface area contributed by atoms with E-state index >= 15 is 0 Å². The molecule has 0 aliphatic rings. The molecule has 200 valence electrons. The Bertz CT molecular complexity index is 2680. The Balaban J connectivity index is 1.37. The lowest BCUT2D eigenvalue weighted by Crippen LogP contribution is -1.91. The van der Waals surface area contributed by atoms with Gasteiger partial charge in [0.15, 0.2) is 0 Å². The van der Waals surface area contributed by atoms with Crippen molar-refractivity contribution in [2.24, 2.45) is 0 Å². The van der Waals surface area contributed by atoms with Gasteiger partial charge in [0.2, 0.25) is 0 Å². The summed E-state index contributed by atoms with van der Waals surface area (Å²) in [6.45, 7) is 0. The van der Waals surface area contributed by atoms with Crippen molar-refractivity contribution >= 4 is 86.0 Å². The largest absolute Gasteiger partial charge is 0.464 e. The summed E-state index contributed by atoms with van der Waals surface area (Å²) in [5.74, 6) is 0. The van der Waals surface area contributed by atoms with Crippen LogP contribution in [0, 0.1) is 0 Å². The molecule has 0 aliphatic carbocycles. The molecule has 10 rings (SSSR count). The van der Waals surface area contributed by atoms with Gasteiger partial charge in [-0.05, 0) is 69.1 Å². The minimum atomic E-state index is 0.862. The Labute approximate surface area is 250 Å². The second-order valence-corrected chi connectivity index (χ2v) is 12.3. The van der Waals surface area contributed by atoms with E-state index in [-0.39, 0.29) is 0 Å². The van der Waals surface area contributed by atoms with Crippen LogP contribution >= 0.6 is 11.3 Å². The Morgan fingerprint density at radius 2 is 1.05 bits per heavy atom. The molecular formula is C40H22O2S. The van der Waals surface area contributed by atoms with Crippen LogP contribution in [-0.4, -0.2) is 0 Å². The topological polar surface area (TPSA) is 26.3 Å². The fourth-order valence-electron chi connectivity index (χ4n) is 7.14. The van der Waals surface area contributed by atoms with Gasteiger partial charge >= 0.3 is 0 Å². The average Bonchev–Trinajstić information content (AvgIpc) is 3.78. The van der Waals surface area contributed by atoms with Crippen molar-refractivity contribution in [1.82, 2.24) is 0 Å². The fraction of sp³-hybridized carbons (Fsp3) is 0. The monoisotopic (exact) mass is 566 g/mol. The molecule has 3 aromatic heterocycles. The second kappa shape index (κ2) is 8.57. The average molecular weight is 567 g/mol. The molecule has 0 fully saturated rings. The van der Waals surface area contributed by atoms with Crippen molar-refractivity contribution in [2.45, 2.75) is 0 Å². The van der Waals surface area contributed by atoms with Gasteiger partial charge in [-0.15, -0.1) is 11.3 Å². The molecule has 0 radical (unpaired) electrons. The van der Waals surface area contributed by atoms with E-state index in [2.05, 4.69) is 115 Å². The number of furan rings is 2. The molecule has 0 bridgehead atoms. The predicted octanol–water partition coefficient (Wildman–Crippen LogP) is 12.3. The molecule has 0 saturated heterocycles. The van der Waals surface area contributed by atoms with Crippen molar-refractivity contribution in [2.75, 3.05) is 0 Å². The van der Waals surface area contributed by atoms with Gasteiger partial charge in [-0.2, -0.15) is 0 Å². The summed E-state index contributed by atoms with van der Waals surface area (Å²) in [5.41, 5.74) is 7.34. The Morgan fingerprint density at radius 3 is 1.81 bits per heavy atom. The van der Waals surface area contributed by atoms with E-state index in [1.807, 2.05) is 23.5 Å². The highest BCUT2D eigenvalue weighted by Crippen LogP contribution is 2.49. The highest BCUT2D eigenvalue weighted by molar-refractivity contribution is 7.25. The number of thiophene rings is 1. The quantitative estimate of drug-likeness (QED) is 0.195. The van der Waals surface area contributed by atoms with Crippen molar-refractivity contribution in [1.29, 1.82) is 0 Å². The van der Waals surface area contributed by atoms with E-state index in [1.165, 1.54) is 58.4 Å². The maximum absolute atomic E-state index is 6.67. The number of hydrogen-bond donors (Lipinski definition) is 0. The van der Waals surface area contributed by atoms with Crippen LogP contribution in [0.5, 0.6) is 0 Å². The van der Waals surface area contributed by atoms with Gasteiger partial charge < -0.3 is 8.83 Å². The third-order valence-electron chi connectivity index (χ3n) is 8.95. The van der Waals surface area contributed by atoms with Crippen LogP contribution in [0.15, 0.2) is 142 Å². The van der Waals surface area contributed by atoms with Gasteiger partial charge in [0.25, 0.3) is 0 Å². The zero-order valence-corrected chi connectivity index (χ0v) is 23.7. The van der Waals surface area contributed by atoms with Gasteiger partial charge in [-0.3, -0.25) is 0 Å². The van der Waals surface area contributed by atoms with Gasteiger partial charge in [-0.1, -0.05) is 91.0 Å². The molecule has 0 atom stereocenters. The second-order valence-electron chi connectivity index (χ2n) is 11.2. The number of fused-ring (bicyclic) bond motifs is 10. The number of hydrogen-bond acceptors (Lipinski definition) is 3. The standard InChI is InChI=1S/C40H22O2S/c1-3-12-27-25(10-1)37(23-17-18-36-31(21-23)24-9-6-8-16-35(24)43-36)26-11-2-4-13-28(26)38(27)32-22-34-30(19-20-41-34)39-29-14-5-7-15-33(29)42-40(32)39/h1-22H. The molecule has 7 aromatic carbocycles. The summed E-state index contributed by atoms with van der Waals surface area (Å²) in [7, 11) is 0. The van der Waals surface area contributed by atoms with Crippen molar-refractivity contribution in [3.8, 4) is 22.3 Å². The third-order valence-corrected chi connectivity index (χ3v) is 10.1. The first-order valence-electron chi connectivity index (χ1n) is 14.5. The maximum atomic E-state index is 6.67. The van der Waals surface area contributed by atoms with Gasteiger partial charge in [0.1, 0.15) is 16.7 Å². The molecule has 3 heteroatoms. The summed E-state index contributed by atoms with van der Waals surface area (Å²) < 4.78 is 15.4. The molecule has 0 aliphatic heterocycles. The molecule has 10 aromatic rings. The molecular weight excluding hydrogens is 545 g/mol. The molecule has 43 heavy (non-hydrogen) atoms. The third kappa shape index (κ3) is 3.17. The number of para-hydroxylation sites is 1. The van der Waals surface area contributed by atoms with Gasteiger partial charge in [0.05, 0.1) is 6.26 Å². The molecule has 0 amide bonds. The number of rotatable bonds is 2. The van der Waals surface area contributed by atoms with Gasteiger partial charge in [-0.25, -0.2) is 0 Å².